The molecule has 0 saturated heterocycles. The average molecular weight is 321 g/mol. The largest absolute Gasteiger partial charge is 0.233 e. The Labute approximate surface area is 97.4 Å². The molecule has 13 heavy (non-hydrogen) atoms. The van der Waals surface area contributed by atoms with Crippen LogP contribution < -0.4 is 0 Å². The molecule has 0 aliphatic heterocycles. The summed E-state index contributed by atoms with van der Waals surface area (Å²) in [7, 11) is 0. The van der Waals surface area contributed by atoms with Gasteiger partial charge in [-0.15, -0.1) is 0 Å². The lowest BCUT2D eigenvalue weighted by Gasteiger charge is -2.02. The van der Waals surface area contributed by atoms with Crippen LogP contribution in [0.1, 0.15) is 0 Å². The van der Waals surface area contributed by atoms with E-state index in [4.69, 9.17) is 11.6 Å². The number of rotatable bonds is 0. The molecule has 0 aliphatic rings. The number of halogens is 3. The van der Waals surface area contributed by atoms with Crippen LogP contribution in [-0.4, -0.2) is 4.98 Å². The first-order valence-corrected chi connectivity index (χ1v) is 5.55. The summed E-state index contributed by atoms with van der Waals surface area (Å²) in [4.78, 5) is 4.21. The van der Waals surface area contributed by atoms with E-state index in [1.54, 1.807) is 0 Å². The molecule has 0 amide bonds. The Kier molecular flexibility index (Phi) is 2.58. The first-order valence-electron chi connectivity index (χ1n) is 3.59. The molecule has 66 valence electrons. The lowest BCUT2D eigenvalue weighted by molar-refractivity contribution is 1.26. The highest BCUT2D eigenvalue weighted by atomic mass is 79.9. The van der Waals surface area contributed by atoms with Gasteiger partial charge in [0.15, 0.2) is 0 Å². The van der Waals surface area contributed by atoms with Crippen LogP contribution in [0.25, 0.3) is 10.8 Å². The molecule has 0 unspecified atom stereocenters. The number of hydrogen-bond acceptors (Lipinski definition) is 1. The van der Waals surface area contributed by atoms with Gasteiger partial charge in [-0.25, -0.2) is 4.98 Å². The van der Waals surface area contributed by atoms with Gasteiger partial charge < -0.3 is 0 Å². The lowest BCUT2D eigenvalue weighted by atomic mass is 10.2. The number of pyridine rings is 1. The maximum absolute atomic E-state index is 6.03. The Balaban J connectivity index is 2.94. The molecule has 0 saturated carbocycles. The molecule has 0 aliphatic carbocycles. The fourth-order valence-corrected chi connectivity index (χ4v) is 2.87. The monoisotopic (exact) mass is 319 g/mol. The van der Waals surface area contributed by atoms with Crippen LogP contribution in [0.4, 0.5) is 0 Å². The van der Waals surface area contributed by atoms with Crippen molar-refractivity contribution in [2.24, 2.45) is 0 Å². The van der Waals surface area contributed by atoms with Crippen LogP contribution in [0, 0.1) is 0 Å². The molecule has 0 atom stereocenters. The zero-order valence-corrected chi connectivity index (χ0v) is 10.3. The second kappa shape index (κ2) is 3.56. The zero-order valence-electron chi connectivity index (χ0n) is 6.39. The lowest BCUT2D eigenvalue weighted by Crippen LogP contribution is -1.82. The van der Waals surface area contributed by atoms with E-state index in [-0.39, 0.29) is 0 Å². The summed E-state index contributed by atoms with van der Waals surface area (Å²) in [6.07, 6.45) is 0. The molecule has 1 aromatic heterocycles. The number of benzene rings is 1. The minimum atomic E-state index is 0.712. The van der Waals surface area contributed by atoms with Gasteiger partial charge in [0.25, 0.3) is 0 Å². The van der Waals surface area contributed by atoms with E-state index < -0.39 is 0 Å². The van der Waals surface area contributed by atoms with Gasteiger partial charge >= 0.3 is 0 Å². The second-order valence-corrected chi connectivity index (χ2v) is 4.54. The molecule has 0 bridgehead atoms. The molecule has 0 N–H and O–H groups in total. The van der Waals surface area contributed by atoms with Crippen LogP contribution in [0.15, 0.2) is 33.5 Å². The summed E-state index contributed by atoms with van der Waals surface area (Å²) in [5.41, 5.74) is 0. The summed E-state index contributed by atoms with van der Waals surface area (Å²) in [6, 6.07) is 7.71. The van der Waals surface area contributed by atoms with Gasteiger partial charge in [0.05, 0.1) is 5.02 Å². The van der Waals surface area contributed by atoms with Crippen LogP contribution in [-0.2, 0) is 0 Å². The van der Waals surface area contributed by atoms with Crippen molar-refractivity contribution in [3.8, 4) is 0 Å². The van der Waals surface area contributed by atoms with E-state index in [1.807, 2.05) is 24.3 Å². The molecule has 0 spiro atoms. The summed E-state index contributed by atoms with van der Waals surface area (Å²) < 4.78 is 1.57. The predicted octanol–water partition coefficient (Wildman–Crippen LogP) is 4.41. The number of fused-ring (bicyclic) bond motifs is 1. The molecule has 1 heterocycles. The first-order chi connectivity index (χ1) is 6.18. The third kappa shape index (κ3) is 1.73. The molecular formula is C9H4Br2ClN. The number of nitrogens with zero attached hydrogens (tertiary/aromatic N) is 1. The highest BCUT2D eigenvalue weighted by molar-refractivity contribution is 9.11. The summed E-state index contributed by atoms with van der Waals surface area (Å²) in [5, 5.41) is 2.73. The van der Waals surface area contributed by atoms with Crippen molar-refractivity contribution in [2.45, 2.75) is 0 Å². The van der Waals surface area contributed by atoms with Gasteiger partial charge in [-0.05, 0) is 49.4 Å². The normalized spacial score (nSPS) is 10.7. The summed E-state index contributed by atoms with van der Waals surface area (Å²) >= 11 is 12.7. The highest BCUT2D eigenvalue weighted by Crippen LogP contribution is 2.30. The zero-order chi connectivity index (χ0) is 9.42. The minimum Gasteiger partial charge on any atom is -0.233 e. The van der Waals surface area contributed by atoms with Crippen LogP contribution in [0.5, 0.6) is 0 Å². The van der Waals surface area contributed by atoms with Gasteiger partial charge in [-0.3, -0.25) is 0 Å². The van der Waals surface area contributed by atoms with E-state index in [2.05, 4.69) is 36.8 Å². The number of hydrogen-bond donors (Lipinski definition) is 0. The quantitative estimate of drug-likeness (QED) is 0.655. The molecule has 2 rings (SSSR count). The molecular weight excluding hydrogens is 317 g/mol. The summed E-state index contributed by atoms with van der Waals surface area (Å²) in [6.45, 7) is 0. The van der Waals surface area contributed by atoms with Crippen LogP contribution in [0.2, 0.25) is 5.02 Å². The van der Waals surface area contributed by atoms with E-state index >= 15 is 0 Å². The van der Waals surface area contributed by atoms with Crippen molar-refractivity contribution in [3.05, 3.63) is 38.5 Å². The molecule has 0 radical (unpaired) electrons. The van der Waals surface area contributed by atoms with Gasteiger partial charge in [-0.2, -0.15) is 0 Å². The van der Waals surface area contributed by atoms with E-state index in [1.165, 1.54) is 0 Å². The fourth-order valence-electron chi connectivity index (χ4n) is 1.19. The Bertz CT molecular complexity index is 470. The minimum absolute atomic E-state index is 0.712. The molecule has 4 heteroatoms. The molecule has 1 nitrogen and oxygen atoms in total. The summed E-state index contributed by atoms with van der Waals surface area (Å²) in [5.74, 6) is 0. The van der Waals surface area contributed by atoms with Gasteiger partial charge in [0, 0.05) is 5.39 Å². The Morgan fingerprint density at radius 1 is 1.23 bits per heavy atom. The third-order valence-corrected chi connectivity index (χ3v) is 3.03. The van der Waals surface area contributed by atoms with Gasteiger partial charge in [0.2, 0.25) is 0 Å². The van der Waals surface area contributed by atoms with Crippen molar-refractivity contribution in [3.63, 3.8) is 0 Å². The molecule has 2 aromatic rings. The van der Waals surface area contributed by atoms with E-state index in [9.17, 15) is 0 Å². The van der Waals surface area contributed by atoms with Crippen LogP contribution in [0.3, 0.4) is 0 Å². The second-order valence-electron chi connectivity index (χ2n) is 2.57. The average Bonchev–Trinajstić information content (AvgIpc) is 2.02. The number of aromatic nitrogens is 1. The van der Waals surface area contributed by atoms with Crippen molar-refractivity contribution in [2.75, 3.05) is 0 Å². The highest BCUT2D eigenvalue weighted by Gasteiger charge is 2.05. The topological polar surface area (TPSA) is 12.9 Å². The van der Waals surface area contributed by atoms with Crippen molar-refractivity contribution in [1.29, 1.82) is 0 Å². The molecule has 0 fully saturated rings. The van der Waals surface area contributed by atoms with Crippen LogP contribution >= 0.6 is 43.5 Å². The predicted molar refractivity (Wildman–Crippen MR) is 62.2 cm³/mol. The van der Waals surface area contributed by atoms with Crippen molar-refractivity contribution < 1.29 is 0 Å². The maximum Gasteiger partial charge on any atom is 0.116 e. The maximum atomic E-state index is 6.03. The Hall–Kier alpha value is -0.120. The van der Waals surface area contributed by atoms with E-state index in [0.29, 0.717) is 5.02 Å². The smallest absolute Gasteiger partial charge is 0.116 e. The molecule has 1 aromatic carbocycles. The third-order valence-electron chi connectivity index (χ3n) is 1.73. The SMILES string of the molecule is Clc1cccc2cc(Br)nc(Br)c12. The first kappa shape index (κ1) is 9.44. The van der Waals surface area contributed by atoms with Crippen molar-refractivity contribution >= 4 is 54.2 Å². The standard InChI is InChI=1S/C9H4Br2ClN/c10-7-4-5-2-1-3-6(12)8(5)9(11)13-7/h1-4H. The fraction of sp³-hybridized carbons (Fsp3) is 0. The Morgan fingerprint density at radius 3 is 2.77 bits per heavy atom. The van der Waals surface area contributed by atoms with E-state index in [0.717, 1.165) is 20.0 Å². The van der Waals surface area contributed by atoms with Crippen molar-refractivity contribution in [1.82, 2.24) is 4.98 Å². The van der Waals surface area contributed by atoms with Gasteiger partial charge in [0.1, 0.15) is 9.21 Å². The Morgan fingerprint density at radius 2 is 2.00 bits per heavy atom. The van der Waals surface area contributed by atoms with Gasteiger partial charge in [-0.1, -0.05) is 23.7 Å².